The molecule has 132 valence electrons. The predicted molar refractivity (Wildman–Crippen MR) is 91.7 cm³/mol. The maximum absolute atomic E-state index is 10.0. The van der Waals surface area contributed by atoms with Crippen LogP contribution in [0.5, 0.6) is 0 Å². The summed E-state index contributed by atoms with van der Waals surface area (Å²) in [6.45, 7) is 5.30. The Morgan fingerprint density at radius 1 is 0.522 bits per heavy atom. The molecule has 0 aliphatic carbocycles. The number of rotatable bonds is 6. The van der Waals surface area contributed by atoms with Gasteiger partial charge in [-0.2, -0.15) is 0 Å². The molecule has 0 saturated heterocycles. The van der Waals surface area contributed by atoms with E-state index in [0.29, 0.717) is 0 Å². The van der Waals surface area contributed by atoms with Crippen molar-refractivity contribution in [1.29, 1.82) is 0 Å². The highest BCUT2D eigenvalue weighted by atomic mass is 27.0. The van der Waals surface area contributed by atoms with Crippen LogP contribution in [0.4, 0.5) is 0 Å². The van der Waals surface area contributed by atoms with Gasteiger partial charge in [0.15, 0.2) is 34.7 Å². The summed E-state index contributed by atoms with van der Waals surface area (Å²) in [6, 6.07) is 0. The lowest BCUT2D eigenvalue weighted by Crippen LogP contribution is -2.00. The Kier molecular flexibility index (Phi) is 30.0. The number of Topliss-reactive ketones (excluding diaryl/α,β-unsaturated/α-hetero) is 4. The molecular formula is C13H26Al2O8. The molecule has 0 aromatic carbocycles. The Balaban J connectivity index is -0.0000000675. The highest BCUT2D eigenvalue weighted by Gasteiger charge is 1.98. The van der Waals surface area contributed by atoms with Crippen LogP contribution in [0.15, 0.2) is 0 Å². The topological polar surface area (TPSA) is 143 Å². The molecule has 0 aliphatic rings. The van der Waals surface area contributed by atoms with Gasteiger partial charge < -0.3 is 10.2 Å². The van der Waals surface area contributed by atoms with Crippen LogP contribution >= 0.6 is 0 Å². The van der Waals surface area contributed by atoms with E-state index in [-0.39, 0.29) is 77.1 Å². The molecule has 2 N–H and O–H groups in total. The molecular weight excluding hydrogens is 338 g/mol. The number of carboxylic acid groups (broad SMARTS) is 2. The molecule has 0 saturated carbocycles. The Bertz CT molecular complexity index is 320. The van der Waals surface area contributed by atoms with Crippen molar-refractivity contribution in [1.82, 2.24) is 0 Å². The van der Waals surface area contributed by atoms with E-state index < -0.39 is 11.9 Å². The fourth-order valence-electron chi connectivity index (χ4n) is 0.777. The third-order valence-corrected chi connectivity index (χ3v) is 1.30. The van der Waals surface area contributed by atoms with Gasteiger partial charge in [-0.3, -0.25) is 28.8 Å². The third kappa shape index (κ3) is 63.3. The highest BCUT2D eigenvalue weighted by molar-refractivity contribution is 5.96. The van der Waals surface area contributed by atoms with Crippen molar-refractivity contribution in [3.8, 4) is 0 Å². The maximum Gasteiger partial charge on any atom is 0.310 e. The first-order valence-electron chi connectivity index (χ1n) is 5.79. The number of aliphatic carboxylic acids is 2. The summed E-state index contributed by atoms with van der Waals surface area (Å²) < 4.78 is 0. The minimum Gasteiger partial charge on any atom is -0.481 e. The van der Waals surface area contributed by atoms with Gasteiger partial charge in [0.05, 0.1) is 6.42 Å². The molecule has 0 unspecified atom stereocenters. The predicted octanol–water partition coefficient (Wildman–Crippen LogP) is -1.71. The van der Waals surface area contributed by atoms with Crippen molar-refractivity contribution >= 4 is 69.8 Å². The quantitative estimate of drug-likeness (QED) is 0.419. The minimum absolute atomic E-state index is 0. The van der Waals surface area contributed by atoms with E-state index in [9.17, 15) is 28.8 Å². The Labute approximate surface area is 155 Å². The number of carbonyl (C=O) groups excluding carboxylic acids is 4. The molecule has 0 aromatic heterocycles. The first kappa shape index (κ1) is 33.3. The van der Waals surface area contributed by atoms with Crippen molar-refractivity contribution in [2.24, 2.45) is 0 Å². The molecule has 0 amide bonds. The van der Waals surface area contributed by atoms with Crippen LogP contribution in [-0.4, -0.2) is 80.0 Å². The number of carbonyl (C=O) groups is 6. The summed E-state index contributed by atoms with van der Waals surface area (Å²) in [4.78, 5) is 59.0. The molecule has 0 aromatic rings. The summed E-state index contributed by atoms with van der Waals surface area (Å²) in [5, 5.41) is 15.7. The first-order chi connectivity index (χ1) is 9.38. The fraction of sp³-hybridized carbons (Fsp3) is 0.538. The lowest BCUT2D eigenvalue weighted by Gasteiger charge is -1.81. The van der Waals surface area contributed by atoms with E-state index in [1.165, 1.54) is 27.7 Å². The van der Waals surface area contributed by atoms with E-state index in [4.69, 9.17) is 10.2 Å². The van der Waals surface area contributed by atoms with Crippen molar-refractivity contribution in [3.05, 3.63) is 0 Å². The van der Waals surface area contributed by atoms with Gasteiger partial charge in [-0.25, -0.2) is 0 Å². The average molecular weight is 364 g/mol. The first-order valence-corrected chi connectivity index (χ1v) is 5.79. The lowest BCUT2D eigenvalue weighted by molar-refractivity contribution is -0.141. The minimum atomic E-state index is -1.06. The zero-order valence-electron chi connectivity index (χ0n) is 12.5. The van der Waals surface area contributed by atoms with Crippen LogP contribution < -0.4 is 0 Å². The molecule has 0 heterocycles. The van der Waals surface area contributed by atoms with Crippen LogP contribution in [0.3, 0.4) is 0 Å². The standard InChI is InChI=1S/C5H8O2.2C4H6O3.2Al.6H/c1-4(6)3-5(2)7;2*1-3(5)2-4(6)7;;;;;;;;/h3H2,1-2H3;2*2H2,1H3,(H,6,7);;;;;;;;. The molecule has 8 nitrogen and oxygen atoms in total. The Hall–Kier alpha value is -1.32. The summed E-state index contributed by atoms with van der Waals surface area (Å²) in [5.41, 5.74) is 0. The SMILES string of the molecule is CC(=O)CC(=O)O.CC(=O)CC(=O)O.CC(=O)CC(C)=O.[AlH3].[AlH3]. The number of ketones is 4. The van der Waals surface area contributed by atoms with Gasteiger partial charge in [0.25, 0.3) is 0 Å². The Morgan fingerprint density at radius 2 is 0.696 bits per heavy atom. The number of carboxylic acids is 2. The van der Waals surface area contributed by atoms with Gasteiger partial charge in [0, 0.05) is 0 Å². The summed E-state index contributed by atoms with van der Waals surface area (Å²) in [5.74, 6) is -2.87. The van der Waals surface area contributed by atoms with Crippen molar-refractivity contribution < 1.29 is 39.0 Å². The number of hydrogen-bond acceptors (Lipinski definition) is 6. The monoisotopic (exact) mass is 364 g/mol. The summed E-state index contributed by atoms with van der Waals surface area (Å²) >= 11 is 0. The molecule has 0 spiro atoms. The van der Waals surface area contributed by atoms with Gasteiger partial charge in [0.2, 0.25) is 0 Å². The molecule has 0 aliphatic heterocycles. The molecule has 23 heavy (non-hydrogen) atoms. The van der Waals surface area contributed by atoms with Crippen molar-refractivity contribution in [2.45, 2.75) is 47.0 Å². The normalized spacial score (nSPS) is 7.48. The van der Waals surface area contributed by atoms with Gasteiger partial charge >= 0.3 is 11.9 Å². The molecule has 0 bridgehead atoms. The molecule has 10 heteroatoms. The number of hydrogen-bond donors (Lipinski definition) is 2. The van der Waals surface area contributed by atoms with Crippen LogP contribution in [0.1, 0.15) is 47.0 Å². The molecule has 0 rings (SSSR count). The fourth-order valence-corrected chi connectivity index (χ4v) is 0.777. The second-order valence-electron chi connectivity index (χ2n) is 4.13. The van der Waals surface area contributed by atoms with Crippen LogP contribution in [-0.2, 0) is 28.8 Å². The smallest absolute Gasteiger partial charge is 0.310 e. The highest BCUT2D eigenvalue weighted by Crippen LogP contribution is 1.80. The van der Waals surface area contributed by atoms with E-state index in [1.54, 1.807) is 0 Å². The maximum atomic E-state index is 10.0. The van der Waals surface area contributed by atoms with E-state index in [2.05, 4.69) is 0 Å². The van der Waals surface area contributed by atoms with Gasteiger partial charge in [-0.1, -0.05) is 0 Å². The zero-order chi connectivity index (χ0) is 17.6. The summed E-state index contributed by atoms with van der Waals surface area (Å²) in [7, 11) is 0. The second-order valence-corrected chi connectivity index (χ2v) is 4.13. The van der Waals surface area contributed by atoms with Gasteiger partial charge in [-0.05, 0) is 27.7 Å². The Morgan fingerprint density at radius 3 is 0.696 bits per heavy atom. The van der Waals surface area contributed by atoms with E-state index in [1.807, 2.05) is 0 Å². The lowest BCUT2D eigenvalue weighted by atomic mass is 10.2. The summed E-state index contributed by atoms with van der Waals surface area (Å²) in [6.07, 6.45) is -0.639. The van der Waals surface area contributed by atoms with Crippen LogP contribution in [0, 0.1) is 0 Å². The van der Waals surface area contributed by atoms with Gasteiger partial charge in [0.1, 0.15) is 36.0 Å². The molecule has 0 fully saturated rings. The average Bonchev–Trinajstić information content (AvgIpc) is 2.10. The largest absolute Gasteiger partial charge is 0.481 e. The van der Waals surface area contributed by atoms with E-state index in [0.717, 1.165) is 0 Å². The van der Waals surface area contributed by atoms with Crippen molar-refractivity contribution in [2.75, 3.05) is 0 Å². The molecule has 0 atom stereocenters. The van der Waals surface area contributed by atoms with E-state index >= 15 is 0 Å². The van der Waals surface area contributed by atoms with Gasteiger partial charge in [-0.15, -0.1) is 0 Å². The van der Waals surface area contributed by atoms with Crippen LogP contribution in [0.25, 0.3) is 0 Å². The molecule has 0 radical (unpaired) electrons. The zero-order valence-corrected chi connectivity index (χ0v) is 12.5. The third-order valence-electron chi connectivity index (χ3n) is 1.30. The van der Waals surface area contributed by atoms with Crippen LogP contribution in [0.2, 0.25) is 0 Å². The van der Waals surface area contributed by atoms with Crippen molar-refractivity contribution in [3.63, 3.8) is 0 Å². The second kappa shape index (κ2) is 20.7.